The van der Waals surface area contributed by atoms with Crippen LogP contribution < -0.4 is 15.0 Å². The number of para-hydroxylation sites is 1. The summed E-state index contributed by atoms with van der Waals surface area (Å²) in [5, 5.41) is 2.77. The molecule has 1 fully saturated rings. The first-order valence-electron chi connectivity index (χ1n) is 8.69. The van der Waals surface area contributed by atoms with Crippen molar-refractivity contribution in [2.75, 3.05) is 22.6 Å². The van der Waals surface area contributed by atoms with E-state index in [2.05, 4.69) is 5.32 Å². The lowest BCUT2D eigenvalue weighted by Crippen LogP contribution is -2.28. The van der Waals surface area contributed by atoms with Crippen molar-refractivity contribution >= 4 is 35.0 Å². The van der Waals surface area contributed by atoms with Gasteiger partial charge in [0, 0.05) is 23.4 Å². The summed E-state index contributed by atoms with van der Waals surface area (Å²) in [5.41, 5.74) is 2.51. The quantitative estimate of drug-likeness (QED) is 0.827. The van der Waals surface area contributed by atoms with E-state index < -0.39 is 0 Å². The average Bonchev–Trinajstić information content (AvgIpc) is 3.04. The molecule has 0 aliphatic carbocycles. The minimum Gasteiger partial charge on any atom is -0.494 e. The second-order valence-electron chi connectivity index (χ2n) is 5.84. The van der Waals surface area contributed by atoms with Gasteiger partial charge in [-0.2, -0.15) is 0 Å². The second-order valence-corrected chi connectivity index (χ2v) is 6.91. The Labute approximate surface area is 157 Å². The SMILES string of the molecule is CCOc1ccc(N2C(=O)CSC2c2ccccc2NC(=O)CC)cc1. The minimum atomic E-state index is -0.172. The molecule has 1 atom stereocenters. The largest absolute Gasteiger partial charge is 0.494 e. The van der Waals surface area contributed by atoms with Crippen LogP contribution in [0.5, 0.6) is 5.75 Å². The maximum Gasteiger partial charge on any atom is 0.238 e. The number of anilines is 2. The van der Waals surface area contributed by atoms with Crippen LogP contribution in [0.15, 0.2) is 48.5 Å². The van der Waals surface area contributed by atoms with E-state index in [1.165, 1.54) is 0 Å². The topological polar surface area (TPSA) is 58.6 Å². The lowest BCUT2D eigenvalue weighted by Gasteiger charge is -2.26. The molecule has 1 N–H and O–H groups in total. The zero-order valence-corrected chi connectivity index (χ0v) is 15.7. The number of rotatable bonds is 6. The number of ether oxygens (including phenoxy) is 1. The number of carbonyl (C=O) groups excluding carboxylic acids is 2. The average molecular weight is 370 g/mol. The second kappa shape index (κ2) is 8.27. The van der Waals surface area contributed by atoms with Gasteiger partial charge >= 0.3 is 0 Å². The van der Waals surface area contributed by atoms with Crippen LogP contribution in [0.25, 0.3) is 0 Å². The molecule has 1 saturated heterocycles. The third kappa shape index (κ3) is 3.85. The number of thioether (sulfide) groups is 1. The molecule has 0 saturated carbocycles. The van der Waals surface area contributed by atoms with E-state index in [0.29, 0.717) is 18.8 Å². The van der Waals surface area contributed by atoms with Crippen LogP contribution in [-0.2, 0) is 9.59 Å². The van der Waals surface area contributed by atoms with Gasteiger partial charge < -0.3 is 10.1 Å². The Morgan fingerprint density at radius 2 is 1.92 bits per heavy atom. The van der Waals surface area contributed by atoms with E-state index in [0.717, 1.165) is 22.7 Å². The lowest BCUT2D eigenvalue weighted by atomic mass is 10.1. The van der Waals surface area contributed by atoms with E-state index in [4.69, 9.17) is 4.74 Å². The highest BCUT2D eigenvalue weighted by Gasteiger charge is 2.35. The van der Waals surface area contributed by atoms with E-state index >= 15 is 0 Å². The predicted octanol–water partition coefficient (Wildman–Crippen LogP) is 4.21. The summed E-state index contributed by atoms with van der Waals surface area (Å²) in [6.07, 6.45) is 0.410. The van der Waals surface area contributed by atoms with Gasteiger partial charge in [0.15, 0.2) is 0 Å². The van der Waals surface area contributed by atoms with E-state index in [9.17, 15) is 9.59 Å². The fourth-order valence-electron chi connectivity index (χ4n) is 2.87. The van der Waals surface area contributed by atoms with Gasteiger partial charge in [-0.05, 0) is 37.3 Å². The molecule has 1 aliphatic rings. The maximum atomic E-state index is 12.5. The lowest BCUT2D eigenvalue weighted by molar-refractivity contribution is -0.116. The highest BCUT2D eigenvalue weighted by Crippen LogP contribution is 2.44. The molecule has 5 nitrogen and oxygen atoms in total. The Balaban J connectivity index is 1.92. The molecule has 2 aromatic carbocycles. The Morgan fingerprint density at radius 3 is 2.62 bits per heavy atom. The van der Waals surface area contributed by atoms with Gasteiger partial charge in [-0.1, -0.05) is 25.1 Å². The van der Waals surface area contributed by atoms with Gasteiger partial charge in [0.25, 0.3) is 0 Å². The van der Waals surface area contributed by atoms with Crippen molar-refractivity contribution in [2.24, 2.45) is 0 Å². The van der Waals surface area contributed by atoms with Crippen LogP contribution in [0.4, 0.5) is 11.4 Å². The number of nitrogens with zero attached hydrogens (tertiary/aromatic N) is 1. The molecule has 0 radical (unpaired) electrons. The molecule has 2 aromatic rings. The molecular formula is C20H22N2O3S. The molecule has 136 valence electrons. The number of hydrogen-bond acceptors (Lipinski definition) is 4. The van der Waals surface area contributed by atoms with Crippen molar-refractivity contribution in [1.82, 2.24) is 0 Å². The fourth-order valence-corrected chi connectivity index (χ4v) is 4.08. The minimum absolute atomic E-state index is 0.0422. The molecule has 0 aromatic heterocycles. The van der Waals surface area contributed by atoms with Gasteiger partial charge in [0.05, 0.1) is 12.4 Å². The van der Waals surface area contributed by atoms with E-state index in [1.54, 1.807) is 16.7 Å². The highest BCUT2D eigenvalue weighted by molar-refractivity contribution is 8.00. The van der Waals surface area contributed by atoms with Gasteiger partial charge in [-0.3, -0.25) is 14.5 Å². The number of carbonyl (C=O) groups is 2. The molecule has 0 spiro atoms. The first kappa shape index (κ1) is 18.3. The zero-order valence-electron chi connectivity index (χ0n) is 14.9. The Hall–Kier alpha value is -2.47. The molecule has 3 rings (SSSR count). The zero-order chi connectivity index (χ0) is 18.5. The normalized spacial score (nSPS) is 16.6. The smallest absolute Gasteiger partial charge is 0.238 e. The van der Waals surface area contributed by atoms with Gasteiger partial charge in [-0.15, -0.1) is 11.8 Å². The van der Waals surface area contributed by atoms with Crippen LogP contribution in [0.3, 0.4) is 0 Å². The van der Waals surface area contributed by atoms with Crippen LogP contribution in [-0.4, -0.2) is 24.2 Å². The third-order valence-corrected chi connectivity index (χ3v) is 5.31. The van der Waals surface area contributed by atoms with Crippen molar-refractivity contribution in [1.29, 1.82) is 0 Å². The Morgan fingerprint density at radius 1 is 1.19 bits per heavy atom. The highest BCUT2D eigenvalue weighted by atomic mass is 32.2. The third-order valence-electron chi connectivity index (χ3n) is 4.12. The van der Waals surface area contributed by atoms with Crippen molar-refractivity contribution in [2.45, 2.75) is 25.6 Å². The number of amides is 2. The van der Waals surface area contributed by atoms with Crippen LogP contribution in [0.1, 0.15) is 31.2 Å². The summed E-state index contributed by atoms with van der Waals surface area (Å²) in [6, 6.07) is 15.2. The summed E-state index contributed by atoms with van der Waals surface area (Å²) in [6.45, 7) is 4.36. The first-order valence-corrected chi connectivity index (χ1v) is 9.74. The van der Waals surface area contributed by atoms with Crippen LogP contribution >= 0.6 is 11.8 Å². The molecule has 1 aliphatic heterocycles. The molecule has 1 heterocycles. The molecule has 6 heteroatoms. The van der Waals surface area contributed by atoms with Gasteiger partial charge in [-0.25, -0.2) is 0 Å². The predicted molar refractivity (Wildman–Crippen MR) is 106 cm³/mol. The fraction of sp³-hybridized carbons (Fsp3) is 0.300. The van der Waals surface area contributed by atoms with E-state index in [1.807, 2.05) is 62.4 Å². The molecule has 0 bridgehead atoms. The van der Waals surface area contributed by atoms with Crippen molar-refractivity contribution in [3.63, 3.8) is 0 Å². The summed E-state index contributed by atoms with van der Waals surface area (Å²) in [7, 11) is 0. The van der Waals surface area contributed by atoms with Gasteiger partial charge in [0.1, 0.15) is 11.1 Å². The molecule has 26 heavy (non-hydrogen) atoms. The maximum absolute atomic E-state index is 12.5. The molecule has 1 unspecified atom stereocenters. The number of benzene rings is 2. The monoisotopic (exact) mass is 370 g/mol. The van der Waals surface area contributed by atoms with Crippen molar-refractivity contribution in [3.05, 3.63) is 54.1 Å². The summed E-state index contributed by atoms with van der Waals surface area (Å²) in [5.74, 6) is 1.20. The Kier molecular flexibility index (Phi) is 5.83. The van der Waals surface area contributed by atoms with Crippen LogP contribution in [0.2, 0.25) is 0 Å². The van der Waals surface area contributed by atoms with Crippen molar-refractivity contribution in [3.8, 4) is 5.75 Å². The summed E-state index contributed by atoms with van der Waals surface area (Å²) < 4.78 is 5.48. The summed E-state index contributed by atoms with van der Waals surface area (Å²) >= 11 is 1.56. The van der Waals surface area contributed by atoms with Crippen LogP contribution in [0, 0.1) is 0 Å². The van der Waals surface area contributed by atoms with Crippen molar-refractivity contribution < 1.29 is 14.3 Å². The standard InChI is InChI=1S/C20H22N2O3S/c1-3-18(23)21-17-8-6-5-7-16(17)20-22(19(24)13-26-20)14-9-11-15(12-10-14)25-4-2/h5-12,20H,3-4,13H2,1-2H3,(H,21,23). The number of hydrogen-bond donors (Lipinski definition) is 1. The van der Waals surface area contributed by atoms with Gasteiger partial charge in [0.2, 0.25) is 11.8 Å². The first-order chi connectivity index (χ1) is 12.6. The number of nitrogens with one attached hydrogen (secondary N) is 1. The molecule has 2 amide bonds. The summed E-state index contributed by atoms with van der Waals surface area (Å²) in [4.78, 5) is 26.2. The molecular weight excluding hydrogens is 348 g/mol. The Bertz CT molecular complexity index is 792. The van der Waals surface area contributed by atoms with E-state index in [-0.39, 0.29) is 17.2 Å².